The zero-order valence-corrected chi connectivity index (χ0v) is 11.2. The highest BCUT2D eigenvalue weighted by molar-refractivity contribution is 7.13. The van der Waals surface area contributed by atoms with E-state index >= 15 is 0 Å². The van der Waals surface area contributed by atoms with Gasteiger partial charge < -0.3 is 11.1 Å². The van der Waals surface area contributed by atoms with Crippen molar-refractivity contribution < 1.29 is 4.79 Å². The lowest BCUT2D eigenvalue weighted by Gasteiger charge is -2.04. The van der Waals surface area contributed by atoms with Crippen LogP contribution in [-0.2, 0) is 6.54 Å². The van der Waals surface area contributed by atoms with Crippen molar-refractivity contribution in [2.45, 2.75) is 20.4 Å². The molecule has 0 saturated carbocycles. The smallest absolute Gasteiger partial charge is 0.267 e. The van der Waals surface area contributed by atoms with Crippen LogP contribution in [0.15, 0.2) is 24.3 Å². The molecular formula is C13H15N3OS. The van der Waals surface area contributed by atoms with Crippen molar-refractivity contribution in [2.75, 3.05) is 5.32 Å². The fraction of sp³-hybridized carbons (Fsp3) is 0.231. The summed E-state index contributed by atoms with van der Waals surface area (Å²) < 4.78 is 0. The summed E-state index contributed by atoms with van der Waals surface area (Å²) in [4.78, 5) is 17.0. The largest absolute Gasteiger partial charge is 0.325 e. The van der Waals surface area contributed by atoms with Gasteiger partial charge in [0.05, 0.1) is 5.69 Å². The minimum atomic E-state index is -0.129. The molecule has 18 heavy (non-hydrogen) atoms. The Kier molecular flexibility index (Phi) is 3.74. The van der Waals surface area contributed by atoms with E-state index in [-0.39, 0.29) is 5.91 Å². The Balaban J connectivity index is 2.19. The third kappa shape index (κ3) is 2.75. The Morgan fingerprint density at radius 1 is 1.44 bits per heavy atom. The monoisotopic (exact) mass is 261 g/mol. The quantitative estimate of drug-likeness (QED) is 0.891. The summed E-state index contributed by atoms with van der Waals surface area (Å²) in [6, 6.07) is 7.69. The fourth-order valence-electron chi connectivity index (χ4n) is 1.66. The number of nitrogens with zero attached hydrogens (tertiary/aromatic N) is 1. The Morgan fingerprint density at radius 3 is 2.83 bits per heavy atom. The van der Waals surface area contributed by atoms with Gasteiger partial charge in [0, 0.05) is 12.2 Å². The molecule has 0 fully saturated rings. The average molecular weight is 261 g/mol. The van der Waals surface area contributed by atoms with Crippen LogP contribution in [-0.4, -0.2) is 10.9 Å². The van der Waals surface area contributed by atoms with Crippen LogP contribution in [0.25, 0.3) is 0 Å². The maximum absolute atomic E-state index is 12.1. The third-order valence-electron chi connectivity index (χ3n) is 2.50. The highest BCUT2D eigenvalue weighted by Gasteiger charge is 2.14. The van der Waals surface area contributed by atoms with Crippen LogP contribution in [0.5, 0.6) is 0 Å². The second-order valence-corrected chi connectivity index (χ2v) is 5.13. The van der Waals surface area contributed by atoms with E-state index < -0.39 is 0 Å². The van der Waals surface area contributed by atoms with Gasteiger partial charge in [-0.2, -0.15) is 0 Å². The van der Waals surface area contributed by atoms with E-state index in [1.165, 1.54) is 11.3 Å². The van der Waals surface area contributed by atoms with E-state index in [2.05, 4.69) is 10.3 Å². The minimum Gasteiger partial charge on any atom is -0.325 e. The van der Waals surface area contributed by atoms with Crippen molar-refractivity contribution >= 4 is 22.9 Å². The molecule has 0 aliphatic heterocycles. The standard InChI is InChI=1S/C13H15N3OS/c1-8-4-3-5-10(6-8)16-13(17)12-9(2)15-11(7-14)18-12/h3-6H,7,14H2,1-2H3,(H,16,17). The number of hydrogen-bond donors (Lipinski definition) is 2. The second-order valence-electron chi connectivity index (χ2n) is 4.05. The van der Waals surface area contributed by atoms with E-state index in [0.29, 0.717) is 11.4 Å². The van der Waals surface area contributed by atoms with Crippen LogP contribution >= 0.6 is 11.3 Å². The Labute approximate surface area is 110 Å². The first-order chi connectivity index (χ1) is 8.60. The van der Waals surface area contributed by atoms with Crippen molar-refractivity contribution in [2.24, 2.45) is 5.73 Å². The number of rotatable bonds is 3. The van der Waals surface area contributed by atoms with Gasteiger partial charge in [-0.15, -0.1) is 11.3 Å². The Bertz CT molecular complexity index is 577. The molecule has 0 atom stereocenters. The van der Waals surface area contributed by atoms with E-state index in [4.69, 9.17) is 5.73 Å². The summed E-state index contributed by atoms with van der Waals surface area (Å²) in [7, 11) is 0. The summed E-state index contributed by atoms with van der Waals surface area (Å²) in [5, 5.41) is 3.65. The molecule has 0 spiro atoms. The molecule has 1 heterocycles. The number of thiazole rings is 1. The number of nitrogens with one attached hydrogen (secondary N) is 1. The van der Waals surface area contributed by atoms with Crippen molar-refractivity contribution in [3.63, 3.8) is 0 Å². The van der Waals surface area contributed by atoms with Crippen LogP contribution in [0.1, 0.15) is 25.9 Å². The van der Waals surface area contributed by atoms with E-state index in [0.717, 1.165) is 22.0 Å². The molecule has 0 unspecified atom stereocenters. The van der Waals surface area contributed by atoms with Gasteiger partial charge in [-0.05, 0) is 31.5 Å². The Morgan fingerprint density at radius 2 is 2.22 bits per heavy atom. The molecule has 0 saturated heterocycles. The van der Waals surface area contributed by atoms with Crippen LogP contribution in [0.4, 0.5) is 5.69 Å². The molecule has 94 valence electrons. The van der Waals surface area contributed by atoms with E-state index in [1.807, 2.05) is 38.1 Å². The van der Waals surface area contributed by atoms with Gasteiger partial charge >= 0.3 is 0 Å². The molecule has 2 rings (SSSR count). The molecule has 3 N–H and O–H groups in total. The lowest BCUT2D eigenvalue weighted by atomic mass is 10.2. The molecule has 0 radical (unpaired) electrons. The van der Waals surface area contributed by atoms with Gasteiger partial charge in [0.25, 0.3) is 5.91 Å². The summed E-state index contributed by atoms with van der Waals surface area (Å²) >= 11 is 1.34. The number of anilines is 1. The predicted octanol–water partition coefficient (Wildman–Crippen LogP) is 2.47. The molecule has 0 aliphatic rings. The number of carbonyl (C=O) groups is 1. The second kappa shape index (κ2) is 5.29. The maximum atomic E-state index is 12.1. The van der Waals surface area contributed by atoms with Gasteiger partial charge in [-0.3, -0.25) is 4.79 Å². The number of nitrogens with two attached hydrogens (primary N) is 1. The molecule has 0 bridgehead atoms. The fourth-order valence-corrected chi connectivity index (χ4v) is 2.50. The van der Waals surface area contributed by atoms with Crippen molar-refractivity contribution in [3.05, 3.63) is 45.4 Å². The van der Waals surface area contributed by atoms with Crippen LogP contribution in [0.2, 0.25) is 0 Å². The van der Waals surface area contributed by atoms with Crippen molar-refractivity contribution in [1.82, 2.24) is 4.98 Å². The number of hydrogen-bond acceptors (Lipinski definition) is 4. The summed E-state index contributed by atoms with van der Waals surface area (Å²) in [6.45, 7) is 4.17. The lowest BCUT2D eigenvalue weighted by Crippen LogP contribution is -2.11. The molecule has 2 aromatic rings. The van der Waals surface area contributed by atoms with Crippen molar-refractivity contribution in [3.8, 4) is 0 Å². The van der Waals surface area contributed by atoms with Gasteiger partial charge in [-0.1, -0.05) is 12.1 Å². The number of aromatic nitrogens is 1. The van der Waals surface area contributed by atoms with Crippen molar-refractivity contribution in [1.29, 1.82) is 0 Å². The topological polar surface area (TPSA) is 68.0 Å². The first-order valence-electron chi connectivity index (χ1n) is 5.64. The van der Waals surface area contributed by atoms with Crippen LogP contribution in [0, 0.1) is 13.8 Å². The Hall–Kier alpha value is -1.72. The number of benzene rings is 1. The summed E-state index contributed by atoms with van der Waals surface area (Å²) in [5.74, 6) is -0.129. The zero-order valence-electron chi connectivity index (χ0n) is 10.4. The normalized spacial score (nSPS) is 10.4. The highest BCUT2D eigenvalue weighted by atomic mass is 32.1. The summed E-state index contributed by atoms with van der Waals surface area (Å²) in [5.41, 5.74) is 8.15. The zero-order chi connectivity index (χ0) is 13.1. The molecule has 4 nitrogen and oxygen atoms in total. The summed E-state index contributed by atoms with van der Waals surface area (Å²) in [6.07, 6.45) is 0. The third-order valence-corrected chi connectivity index (χ3v) is 3.68. The molecule has 1 amide bonds. The number of amides is 1. The maximum Gasteiger partial charge on any atom is 0.267 e. The first-order valence-corrected chi connectivity index (χ1v) is 6.46. The van der Waals surface area contributed by atoms with E-state index in [1.54, 1.807) is 0 Å². The lowest BCUT2D eigenvalue weighted by molar-refractivity contribution is 0.103. The van der Waals surface area contributed by atoms with Gasteiger partial charge in [0.2, 0.25) is 0 Å². The number of carbonyl (C=O) groups excluding carboxylic acids is 1. The molecular weight excluding hydrogens is 246 g/mol. The van der Waals surface area contributed by atoms with Crippen LogP contribution < -0.4 is 11.1 Å². The molecule has 1 aromatic heterocycles. The van der Waals surface area contributed by atoms with Crippen LogP contribution in [0.3, 0.4) is 0 Å². The van der Waals surface area contributed by atoms with Gasteiger partial charge in [0.1, 0.15) is 9.88 Å². The predicted molar refractivity (Wildman–Crippen MR) is 73.9 cm³/mol. The minimum absolute atomic E-state index is 0.129. The molecule has 5 heteroatoms. The van der Waals surface area contributed by atoms with Gasteiger partial charge in [0.15, 0.2) is 0 Å². The van der Waals surface area contributed by atoms with E-state index in [9.17, 15) is 4.79 Å². The first kappa shape index (κ1) is 12.7. The highest BCUT2D eigenvalue weighted by Crippen LogP contribution is 2.19. The molecule has 0 aliphatic carbocycles. The molecule has 1 aromatic carbocycles. The average Bonchev–Trinajstić information content (AvgIpc) is 2.70. The van der Waals surface area contributed by atoms with Gasteiger partial charge in [-0.25, -0.2) is 4.98 Å². The number of aryl methyl sites for hydroxylation is 2. The SMILES string of the molecule is Cc1cccc(NC(=O)c2sc(CN)nc2C)c1.